The summed E-state index contributed by atoms with van der Waals surface area (Å²) in [5, 5.41) is 5.30. The van der Waals surface area contributed by atoms with Crippen molar-refractivity contribution in [3.63, 3.8) is 0 Å². The minimum absolute atomic E-state index is 0.251. The lowest BCUT2D eigenvalue weighted by atomic mass is 10.1. The highest BCUT2D eigenvalue weighted by molar-refractivity contribution is 7.89. The van der Waals surface area contributed by atoms with Crippen LogP contribution < -0.4 is 9.46 Å². The highest BCUT2D eigenvalue weighted by Crippen LogP contribution is 2.44. The zero-order valence-corrected chi connectivity index (χ0v) is 17.3. The van der Waals surface area contributed by atoms with Crippen LogP contribution in [-0.4, -0.2) is 42.0 Å². The Kier molecular flexibility index (Phi) is 4.57. The Hall–Kier alpha value is -2.94. The van der Waals surface area contributed by atoms with E-state index in [-0.39, 0.29) is 11.0 Å². The SMILES string of the molecule is Cc1nn(-c2ccc(OCC3(C)CC3)nc2)c2ccc(C(=O)NS(C)(=O)=O)cc12. The quantitative estimate of drug-likeness (QED) is 0.665. The number of amides is 1. The Morgan fingerprint density at radius 1 is 1.28 bits per heavy atom. The Labute approximate surface area is 168 Å². The molecule has 2 aromatic heterocycles. The van der Waals surface area contributed by atoms with Crippen molar-refractivity contribution in [1.29, 1.82) is 0 Å². The molecule has 1 amide bonds. The van der Waals surface area contributed by atoms with Gasteiger partial charge in [-0.3, -0.25) is 4.79 Å². The van der Waals surface area contributed by atoms with Crippen molar-refractivity contribution in [3.05, 3.63) is 47.8 Å². The van der Waals surface area contributed by atoms with Crippen LogP contribution >= 0.6 is 0 Å². The monoisotopic (exact) mass is 414 g/mol. The summed E-state index contributed by atoms with van der Waals surface area (Å²) in [5.41, 5.74) is 2.81. The number of pyridine rings is 1. The molecule has 2 heterocycles. The highest BCUT2D eigenvalue weighted by atomic mass is 32.2. The minimum Gasteiger partial charge on any atom is -0.477 e. The van der Waals surface area contributed by atoms with Crippen LogP contribution in [0.4, 0.5) is 0 Å². The number of aryl methyl sites for hydroxylation is 1. The normalized spacial score (nSPS) is 15.3. The minimum atomic E-state index is -3.63. The first kappa shape index (κ1) is 19.4. The molecule has 0 radical (unpaired) electrons. The zero-order chi connectivity index (χ0) is 20.8. The molecule has 1 N–H and O–H groups in total. The number of carbonyl (C=O) groups excluding carboxylic acids is 1. The number of nitrogens with zero attached hydrogens (tertiary/aromatic N) is 3. The maximum absolute atomic E-state index is 12.1. The van der Waals surface area contributed by atoms with E-state index in [4.69, 9.17) is 4.74 Å². The van der Waals surface area contributed by atoms with Crippen LogP contribution in [0.1, 0.15) is 35.8 Å². The predicted molar refractivity (Wildman–Crippen MR) is 109 cm³/mol. The molecular weight excluding hydrogens is 392 g/mol. The molecule has 0 aliphatic heterocycles. The molecule has 0 bridgehead atoms. The van der Waals surface area contributed by atoms with Gasteiger partial charge in [0.25, 0.3) is 5.91 Å². The topological polar surface area (TPSA) is 103 Å². The van der Waals surface area contributed by atoms with Crippen LogP contribution in [0, 0.1) is 12.3 Å². The standard InChI is InChI=1S/C20H22N4O4S/c1-13-16-10-14(19(25)23-29(3,26)27)4-6-17(16)24(22-13)15-5-7-18(21-11-15)28-12-20(2)8-9-20/h4-7,10-11H,8-9,12H2,1-3H3,(H,23,25). The van der Waals surface area contributed by atoms with E-state index in [2.05, 4.69) is 17.0 Å². The number of sulfonamides is 1. The van der Waals surface area contributed by atoms with Crippen LogP contribution in [0.3, 0.4) is 0 Å². The highest BCUT2D eigenvalue weighted by Gasteiger charge is 2.38. The predicted octanol–water partition coefficient (Wildman–Crippen LogP) is 2.60. The Balaban J connectivity index is 1.60. The van der Waals surface area contributed by atoms with Gasteiger partial charge in [0, 0.05) is 22.4 Å². The van der Waals surface area contributed by atoms with Crippen LogP contribution in [0.25, 0.3) is 16.6 Å². The third kappa shape index (κ3) is 4.24. The average molecular weight is 414 g/mol. The summed E-state index contributed by atoms with van der Waals surface area (Å²) < 4.78 is 32.1. The van der Waals surface area contributed by atoms with Crippen molar-refractivity contribution in [3.8, 4) is 11.6 Å². The average Bonchev–Trinajstić information content (AvgIpc) is 3.31. The van der Waals surface area contributed by atoms with Gasteiger partial charge in [0.1, 0.15) is 0 Å². The number of ether oxygens (including phenoxy) is 1. The maximum atomic E-state index is 12.1. The van der Waals surface area contributed by atoms with Crippen molar-refractivity contribution in [1.82, 2.24) is 19.5 Å². The van der Waals surface area contributed by atoms with Crippen LogP contribution in [0.2, 0.25) is 0 Å². The molecule has 8 nitrogen and oxygen atoms in total. The number of hydrogen-bond acceptors (Lipinski definition) is 6. The molecule has 1 aromatic carbocycles. The van der Waals surface area contributed by atoms with Gasteiger partial charge < -0.3 is 4.74 Å². The first-order valence-electron chi connectivity index (χ1n) is 9.24. The molecule has 3 aromatic rings. The van der Waals surface area contributed by atoms with Gasteiger partial charge in [0.15, 0.2) is 0 Å². The van der Waals surface area contributed by atoms with E-state index in [0.717, 1.165) is 28.5 Å². The Bertz CT molecular complexity index is 1200. The summed E-state index contributed by atoms with van der Waals surface area (Å²) in [6.07, 6.45) is 5.01. The van der Waals surface area contributed by atoms with Gasteiger partial charge in [-0.25, -0.2) is 22.8 Å². The molecule has 9 heteroatoms. The van der Waals surface area contributed by atoms with E-state index >= 15 is 0 Å². The number of carbonyl (C=O) groups is 1. The fourth-order valence-electron chi connectivity index (χ4n) is 3.02. The lowest BCUT2D eigenvalue weighted by Crippen LogP contribution is -2.29. The van der Waals surface area contributed by atoms with E-state index in [1.165, 1.54) is 12.8 Å². The molecule has 4 rings (SSSR count). The van der Waals surface area contributed by atoms with Gasteiger partial charge in [-0.2, -0.15) is 5.10 Å². The largest absolute Gasteiger partial charge is 0.477 e. The second-order valence-corrected chi connectivity index (χ2v) is 9.63. The summed E-state index contributed by atoms with van der Waals surface area (Å²) in [7, 11) is -3.63. The van der Waals surface area contributed by atoms with Crippen molar-refractivity contribution < 1.29 is 17.9 Å². The van der Waals surface area contributed by atoms with Crippen molar-refractivity contribution in [2.45, 2.75) is 26.7 Å². The second-order valence-electron chi connectivity index (χ2n) is 7.89. The fourth-order valence-corrected chi connectivity index (χ4v) is 3.48. The summed E-state index contributed by atoms with van der Waals surface area (Å²) in [4.78, 5) is 16.5. The number of rotatable bonds is 6. The molecule has 152 valence electrons. The van der Waals surface area contributed by atoms with E-state index in [9.17, 15) is 13.2 Å². The van der Waals surface area contributed by atoms with Gasteiger partial charge in [-0.1, -0.05) is 6.92 Å². The van der Waals surface area contributed by atoms with E-state index < -0.39 is 15.9 Å². The van der Waals surface area contributed by atoms with Gasteiger partial charge in [0.2, 0.25) is 15.9 Å². The van der Waals surface area contributed by atoms with E-state index in [1.54, 1.807) is 29.1 Å². The first-order valence-corrected chi connectivity index (χ1v) is 11.1. The summed E-state index contributed by atoms with van der Waals surface area (Å²) >= 11 is 0. The number of benzene rings is 1. The van der Waals surface area contributed by atoms with Crippen molar-refractivity contribution >= 4 is 26.8 Å². The number of hydrogen-bond donors (Lipinski definition) is 1. The van der Waals surface area contributed by atoms with Crippen LogP contribution in [0.5, 0.6) is 5.88 Å². The van der Waals surface area contributed by atoms with Gasteiger partial charge in [-0.05, 0) is 44.0 Å². The number of nitrogens with one attached hydrogen (secondary N) is 1. The maximum Gasteiger partial charge on any atom is 0.264 e. The van der Waals surface area contributed by atoms with Crippen molar-refractivity contribution in [2.75, 3.05) is 12.9 Å². The molecule has 1 aliphatic carbocycles. The van der Waals surface area contributed by atoms with E-state index in [0.29, 0.717) is 12.5 Å². The van der Waals surface area contributed by atoms with Gasteiger partial charge in [-0.15, -0.1) is 0 Å². The molecule has 0 unspecified atom stereocenters. The second kappa shape index (κ2) is 6.84. The fraction of sp³-hybridized carbons (Fsp3) is 0.350. The summed E-state index contributed by atoms with van der Waals surface area (Å²) in [6, 6.07) is 8.65. The molecule has 0 saturated heterocycles. The van der Waals surface area contributed by atoms with Gasteiger partial charge >= 0.3 is 0 Å². The molecule has 0 atom stereocenters. The number of fused-ring (bicyclic) bond motifs is 1. The van der Waals surface area contributed by atoms with Crippen LogP contribution in [-0.2, 0) is 10.0 Å². The Morgan fingerprint density at radius 3 is 2.66 bits per heavy atom. The molecule has 1 aliphatic rings. The summed E-state index contributed by atoms with van der Waals surface area (Å²) in [5.74, 6) is -0.0936. The summed E-state index contributed by atoms with van der Waals surface area (Å²) in [6.45, 7) is 4.70. The van der Waals surface area contributed by atoms with Crippen LogP contribution in [0.15, 0.2) is 36.5 Å². The third-order valence-electron chi connectivity index (χ3n) is 5.04. The molecule has 29 heavy (non-hydrogen) atoms. The molecule has 0 spiro atoms. The lowest BCUT2D eigenvalue weighted by molar-refractivity contribution is 0.0982. The molecule has 1 fully saturated rings. The zero-order valence-electron chi connectivity index (χ0n) is 16.5. The smallest absolute Gasteiger partial charge is 0.264 e. The third-order valence-corrected chi connectivity index (χ3v) is 5.60. The molecule has 1 saturated carbocycles. The first-order chi connectivity index (χ1) is 13.6. The van der Waals surface area contributed by atoms with Crippen molar-refractivity contribution in [2.24, 2.45) is 5.41 Å². The molecular formula is C20H22N4O4S. The van der Waals surface area contributed by atoms with Gasteiger partial charge in [0.05, 0.1) is 36.0 Å². The van der Waals surface area contributed by atoms with E-state index in [1.807, 2.05) is 23.8 Å². The number of aromatic nitrogens is 3. The Morgan fingerprint density at radius 2 is 2.03 bits per heavy atom. The lowest BCUT2D eigenvalue weighted by Gasteiger charge is -2.10.